The monoisotopic (exact) mass is 358 g/mol. The van der Waals surface area contributed by atoms with Gasteiger partial charge in [0.15, 0.2) is 0 Å². The highest BCUT2D eigenvalue weighted by Crippen LogP contribution is 2.27. The number of sulfonamides is 1. The number of piperidine rings is 1. The third kappa shape index (κ3) is 4.23. The molecule has 0 spiro atoms. The maximum absolute atomic E-state index is 12.4. The van der Waals surface area contributed by atoms with E-state index in [1.54, 1.807) is 18.2 Å². The van der Waals surface area contributed by atoms with Gasteiger partial charge in [0, 0.05) is 34.7 Å². The Balaban J connectivity index is 0.00000200. The molecule has 1 saturated heterocycles. The number of rotatable bonds is 3. The fraction of sp³-hybridized carbons (Fsp3) is 0.500. The first-order valence-electron chi connectivity index (χ1n) is 6.06. The molecule has 0 aromatic heterocycles. The second-order valence-electron chi connectivity index (χ2n) is 4.72. The number of halogens is 3. The molecular weight excluding hydrogens is 343 g/mol. The highest BCUT2D eigenvalue weighted by molar-refractivity contribution is 7.88. The predicted molar refractivity (Wildman–Crippen MR) is 85.1 cm³/mol. The van der Waals surface area contributed by atoms with Crippen LogP contribution in [0.25, 0.3) is 0 Å². The molecule has 1 fully saturated rings. The van der Waals surface area contributed by atoms with Crippen LogP contribution in [-0.4, -0.2) is 31.9 Å². The Morgan fingerprint density at radius 2 is 1.90 bits per heavy atom. The lowest BCUT2D eigenvalue weighted by molar-refractivity contribution is 0.316. The van der Waals surface area contributed by atoms with E-state index in [0.29, 0.717) is 28.7 Å². The van der Waals surface area contributed by atoms with Gasteiger partial charge < -0.3 is 5.73 Å². The van der Waals surface area contributed by atoms with E-state index in [9.17, 15) is 8.42 Å². The van der Waals surface area contributed by atoms with Crippen molar-refractivity contribution >= 4 is 45.6 Å². The SMILES string of the molecule is Cl.NC1CCCN(S(=O)(=O)Cc2c(Cl)cccc2Cl)C1. The number of hydrogen-bond acceptors (Lipinski definition) is 3. The molecule has 0 aliphatic carbocycles. The predicted octanol–water partition coefficient (Wildman–Crippen LogP) is 2.67. The molecular formula is C12H17Cl3N2O2S. The highest BCUT2D eigenvalue weighted by Gasteiger charge is 2.28. The van der Waals surface area contributed by atoms with Gasteiger partial charge in [-0.3, -0.25) is 0 Å². The van der Waals surface area contributed by atoms with Crippen LogP contribution in [0, 0.1) is 0 Å². The van der Waals surface area contributed by atoms with Crippen LogP contribution in [0.2, 0.25) is 10.0 Å². The van der Waals surface area contributed by atoms with E-state index in [4.69, 9.17) is 28.9 Å². The van der Waals surface area contributed by atoms with E-state index in [2.05, 4.69) is 0 Å². The average Bonchev–Trinajstić information content (AvgIpc) is 2.34. The van der Waals surface area contributed by atoms with Crippen LogP contribution in [0.15, 0.2) is 18.2 Å². The van der Waals surface area contributed by atoms with Gasteiger partial charge in [-0.25, -0.2) is 12.7 Å². The molecule has 0 radical (unpaired) electrons. The number of hydrogen-bond donors (Lipinski definition) is 1. The minimum absolute atomic E-state index is 0. The van der Waals surface area contributed by atoms with Gasteiger partial charge >= 0.3 is 0 Å². The van der Waals surface area contributed by atoms with Gasteiger partial charge in [0.1, 0.15) is 0 Å². The van der Waals surface area contributed by atoms with Crippen molar-refractivity contribution in [1.29, 1.82) is 0 Å². The third-order valence-electron chi connectivity index (χ3n) is 3.20. The first kappa shape index (κ1) is 18.0. The minimum Gasteiger partial charge on any atom is -0.327 e. The topological polar surface area (TPSA) is 63.4 Å². The van der Waals surface area contributed by atoms with E-state index in [1.165, 1.54) is 4.31 Å². The Labute approximate surface area is 135 Å². The van der Waals surface area contributed by atoms with Crippen molar-refractivity contribution in [3.63, 3.8) is 0 Å². The average molecular weight is 360 g/mol. The van der Waals surface area contributed by atoms with Gasteiger partial charge in [0.2, 0.25) is 10.0 Å². The van der Waals surface area contributed by atoms with E-state index in [0.717, 1.165) is 12.8 Å². The molecule has 1 aliphatic heterocycles. The molecule has 4 nitrogen and oxygen atoms in total. The van der Waals surface area contributed by atoms with Crippen molar-refractivity contribution < 1.29 is 8.42 Å². The first-order valence-corrected chi connectivity index (χ1v) is 8.43. The summed E-state index contributed by atoms with van der Waals surface area (Å²) in [5, 5.41) is 0.745. The molecule has 8 heteroatoms. The Hall–Kier alpha value is -0.0400. The summed E-state index contributed by atoms with van der Waals surface area (Å²) in [5.41, 5.74) is 6.27. The third-order valence-corrected chi connectivity index (χ3v) is 5.68. The van der Waals surface area contributed by atoms with Gasteiger partial charge in [-0.05, 0) is 25.0 Å². The Bertz CT molecular complexity index is 546. The fourth-order valence-electron chi connectivity index (χ4n) is 2.17. The van der Waals surface area contributed by atoms with Gasteiger partial charge in [-0.1, -0.05) is 29.3 Å². The summed E-state index contributed by atoms with van der Waals surface area (Å²) in [6.45, 7) is 0.877. The molecule has 1 aliphatic rings. The summed E-state index contributed by atoms with van der Waals surface area (Å²) >= 11 is 12.0. The zero-order chi connectivity index (χ0) is 14.0. The van der Waals surface area contributed by atoms with Crippen molar-refractivity contribution in [3.8, 4) is 0 Å². The number of nitrogens with zero attached hydrogens (tertiary/aromatic N) is 1. The van der Waals surface area contributed by atoms with Crippen LogP contribution in [0.4, 0.5) is 0 Å². The summed E-state index contributed by atoms with van der Waals surface area (Å²) < 4.78 is 26.1. The summed E-state index contributed by atoms with van der Waals surface area (Å²) in [5.74, 6) is -0.182. The normalized spacial score (nSPS) is 20.4. The molecule has 114 valence electrons. The molecule has 0 amide bonds. The van der Waals surface area contributed by atoms with Crippen LogP contribution in [0.1, 0.15) is 18.4 Å². The van der Waals surface area contributed by atoms with Crippen LogP contribution < -0.4 is 5.73 Å². The molecule has 2 rings (SSSR count). The van der Waals surface area contributed by atoms with Crippen LogP contribution in [0.5, 0.6) is 0 Å². The van der Waals surface area contributed by atoms with Gasteiger partial charge in [-0.2, -0.15) is 0 Å². The van der Waals surface area contributed by atoms with Crippen molar-refractivity contribution in [1.82, 2.24) is 4.31 Å². The second kappa shape index (κ2) is 7.29. The lowest BCUT2D eigenvalue weighted by atomic mass is 10.1. The van der Waals surface area contributed by atoms with E-state index in [-0.39, 0.29) is 24.2 Å². The summed E-state index contributed by atoms with van der Waals surface area (Å²) in [7, 11) is -3.43. The van der Waals surface area contributed by atoms with Crippen molar-refractivity contribution in [2.45, 2.75) is 24.6 Å². The van der Waals surface area contributed by atoms with Crippen molar-refractivity contribution in [3.05, 3.63) is 33.8 Å². The molecule has 0 saturated carbocycles. The lowest BCUT2D eigenvalue weighted by Gasteiger charge is -2.30. The van der Waals surface area contributed by atoms with Crippen LogP contribution >= 0.6 is 35.6 Å². The summed E-state index contributed by atoms with van der Waals surface area (Å²) in [4.78, 5) is 0. The molecule has 1 aromatic carbocycles. The molecule has 1 atom stereocenters. The maximum atomic E-state index is 12.4. The van der Waals surface area contributed by atoms with Gasteiger partial charge in [0.25, 0.3) is 0 Å². The second-order valence-corrected chi connectivity index (χ2v) is 7.50. The smallest absolute Gasteiger partial charge is 0.218 e. The number of benzene rings is 1. The zero-order valence-electron chi connectivity index (χ0n) is 10.8. The Kier molecular flexibility index (Phi) is 6.57. The van der Waals surface area contributed by atoms with Crippen LogP contribution in [0.3, 0.4) is 0 Å². The zero-order valence-corrected chi connectivity index (χ0v) is 13.9. The van der Waals surface area contributed by atoms with Crippen molar-refractivity contribution in [2.75, 3.05) is 13.1 Å². The molecule has 1 aromatic rings. The van der Waals surface area contributed by atoms with Gasteiger partial charge in [-0.15, -0.1) is 12.4 Å². The Morgan fingerprint density at radius 1 is 1.30 bits per heavy atom. The standard InChI is InChI=1S/C12H16Cl2N2O2S.ClH/c13-11-4-1-5-12(14)10(11)8-19(17,18)16-6-2-3-9(15)7-16;/h1,4-5,9H,2-3,6-8,15H2;1H. The Morgan fingerprint density at radius 3 is 2.45 bits per heavy atom. The van der Waals surface area contributed by atoms with E-state index < -0.39 is 10.0 Å². The summed E-state index contributed by atoms with van der Waals surface area (Å²) in [6, 6.07) is 4.88. The minimum atomic E-state index is -3.43. The largest absolute Gasteiger partial charge is 0.327 e. The fourth-order valence-corrected chi connectivity index (χ4v) is 4.54. The quantitative estimate of drug-likeness (QED) is 0.902. The van der Waals surface area contributed by atoms with Crippen molar-refractivity contribution in [2.24, 2.45) is 5.73 Å². The van der Waals surface area contributed by atoms with Crippen LogP contribution in [-0.2, 0) is 15.8 Å². The molecule has 1 heterocycles. The molecule has 2 N–H and O–H groups in total. The molecule has 20 heavy (non-hydrogen) atoms. The lowest BCUT2D eigenvalue weighted by Crippen LogP contribution is -2.46. The van der Waals surface area contributed by atoms with Gasteiger partial charge in [0.05, 0.1) is 5.75 Å². The maximum Gasteiger partial charge on any atom is 0.218 e. The van der Waals surface area contributed by atoms with E-state index in [1.807, 2.05) is 0 Å². The highest BCUT2D eigenvalue weighted by atomic mass is 35.5. The summed E-state index contributed by atoms with van der Waals surface area (Å²) in [6.07, 6.45) is 1.65. The number of nitrogens with two attached hydrogens (primary N) is 1. The molecule has 1 unspecified atom stereocenters. The molecule has 0 bridgehead atoms. The first-order chi connectivity index (χ1) is 8.90. The van der Waals surface area contributed by atoms with E-state index >= 15 is 0 Å².